The van der Waals surface area contributed by atoms with Crippen molar-refractivity contribution in [2.45, 2.75) is 52.4 Å². The van der Waals surface area contributed by atoms with Gasteiger partial charge in [0.25, 0.3) is 0 Å². The Bertz CT molecular complexity index is 593. The highest BCUT2D eigenvalue weighted by Crippen LogP contribution is 2.49. The molecule has 3 heteroatoms. The van der Waals surface area contributed by atoms with E-state index in [0.717, 1.165) is 10.7 Å². The Morgan fingerprint density at radius 3 is 1.77 bits per heavy atom. The summed E-state index contributed by atoms with van der Waals surface area (Å²) >= 11 is 0. The van der Waals surface area contributed by atoms with Gasteiger partial charge in [-0.1, -0.05) is 69.7 Å². The van der Waals surface area contributed by atoms with Gasteiger partial charge in [-0.2, -0.15) is 0 Å². The van der Waals surface area contributed by atoms with Crippen LogP contribution in [0.4, 0.5) is 0 Å². The van der Waals surface area contributed by atoms with Crippen molar-refractivity contribution < 1.29 is 4.74 Å². The molecule has 0 N–H and O–H groups in total. The Labute approximate surface area is 143 Å². The zero-order valence-corrected chi connectivity index (χ0v) is 16.3. The van der Waals surface area contributed by atoms with Gasteiger partial charge in [0.05, 0.1) is 7.11 Å². The van der Waals surface area contributed by atoms with Crippen LogP contribution in [0.5, 0.6) is 5.75 Å². The normalized spacial score (nSPS) is 16.0. The molecule has 1 heterocycles. The summed E-state index contributed by atoms with van der Waals surface area (Å²) in [5.74, 6) is 1.02. The van der Waals surface area contributed by atoms with E-state index in [1.54, 1.807) is 28.7 Å². The lowest BCUT2D eigenvalue weighted by molar-refractivity contribution is 0.381. The molecule has 120 valence electrons. The molecule has 0 radical (unpaired) electrons. The van der Waals surface area contributed by atoms with Gasteiger partial charge >= 0.3 is 0 Å². The van der Waals surface area contributed by atoms with E-state index in [4.69, 9.17) is 4.74 Å². The summed E-state index contributed by atoms with van der Waals surface area (Å²) in [7, 11) is 5.26. The Hall–Kier alpha value is -0.800. The van der Waals surface area contributed by atoms with E-state index in [1.807, 2.05) is 0 Å². The standard InChI is InChI=1S/C19H26OS2/c1-12-14(11-21-22-12)13-9-15(18(2,3)4)17(20-8)16(10-13)19(5,6)7/h9-11H,1H2,2-8H3. The lowest BCUT2D eigenvalue weighted by Gasteiger charge is -2.30. The Morgan fingerprint density at radius 2 is 1.45 bits per heavy atom. The van der Waals surface area contributed by atoms with Crippen molar-refractivity contribution in [3.8, 4) is 5.75 Å². The maximum absolute atomic E-state index is 5.82. The van der Waals surface area contributed by atoms with Crippen molar-refractivity contribution in [2.24, 2.45) is 0 Å². The minimum absolute atomic E-state index is 0.0299. The third kappa shape index (κ3) is 3.41. The molecule has 1 aromatic rings. The second kappa shape index (κ2) is 6.01. The molecule has 0 aliphatic carbocycles. The van der Waals surface area contributed by atoms with Gasteiger partial charge in [0, 0.05) is 21.6 Å². The number of benzene rings is 1. The zero-order valence-electron chi connectivity index (χ0n) is 14.7. The molecule has 0 fully saturated rings. The van der Waals surface area contributed by atoms with Crippen LogP contribution in [0, 0.1) is 0 Å². The van der Waals surface area contributed by atoms with Crippen molar-refractivity contribution >= 4 is 27.2 Å². The third-order valence-electron chi connectivity index (χ3n) is 3.84. The number of ether oxygens (including phenoxy) is 1. The summed E-state index contributed by atoms with van der Waals surface area (Å²) in [6.07, 6.45) is 0. The molecule has 22 heavy (non-hydrogen) atoms. The van der Waals surface area contributed by atoms with Gasteiger partial charge in [0.1, 0.15) is 5.75 Å². The van der Waals surface area contributed by atoms with Crippen LogP contribution in [-0.2, 0) is 10.8 Å². The molecule has 2 rings (SSSR count). The van der Waals surface area contributed by atoms with Gasteiger partial charge in [-0.25, -0.2) is 0 Å². The summed E-state index contributed by atoms with van der Waals surface area (Å²) in [5, 5.41) is 2.20. The van der Waals surface area contributed by atoms with Gasteiger partial charge in [-0.05, 0) is 33.9 Å². The fourth-order valence-corrected chi connectivity index (χ4v) is 4.52. The minimum atomic E-state index is 0.0299. The molecule has 0 bridgehead atoms. The predicted molar refractivity (Wildman–Crippen MR) is 103 cm³/mol. The average Bonchev–Trinajstić information content (AvgIpc) is 2.81. The second-order valence-electron chi connectivity index (χ2n) is 7.74. The molecule has 1 nitrogen and oxygen atoms in total. The summed E-state index contributed by atoms with van der Waals surface area (Å²) in [4.78, 5) is 1.13. The molecule has 0 saturated carbocycles. The van der Waals surface area contributed by atoms with Gasteiger partial charge < -0.3 is 4.74 Å². The monoisotopic (exact) mass is 334 g/mol. The largest absolute Gasteiger partial charge is 0.496 e. The van der Waals surface area contributed by atoms with E-state index >= 15 is 0 Å². The lowest BCUT2D eigenvalue weighted by atomic mass is 9.77. The van der Waals surface area contributed by atoms with Crippen molar-refractivity contribution in [3.63, 3.8) is 0 Å². The number of hydrogen-bond donors (Lipinski definition) is 0. The third-order valence-corrected chi connectivity index (χ3v) is 5.87. The van der Waals surface area contributed by atoms with E-state index < -0.39 is 0 Å². The molecule has 1 aliphatic heterocycles. The van der Waals surface area contributed by atoms with Crippen molar-refractivity contribution in [2.75, 3.05) is 7.11 Å². The fourth-order valence-electron chi connectivity index (χ4n) is 2.59. The van der Waals surface area contributed by atoms with Gasteiger partial charge in [0.2, 0.25) is 0 Å². The first-order valence-corrected chi connectivity index (χ1v) is 9.73. The van der Waals surface area contributed by atoms with Crippen LogP contribution < -0.4 is 4.74 Å². The Morgan fingerprint density at radius 1 is 0.955 bits per heavy atom. The molecule has 0 aromatic heterocycles. The van der Waals surface area contributed by atoms with Crippen LogP contribution in [0.25, 0.3) is 5.57 Å². The minimum Gasteiger partial charge on any atom is -0.496 e. The molecular formula is C19H26OS2. The van der Waals surface area contributed by atoms with Crippen LogP contribution in [0.2, 0.25) is 0 Å². The van der Waals surface area contributed by atoms with E-state index in [1.165, 1.54) is 22.3 Å². The zero-order chi connectivity index (χ0) is 16.7. The fraction of sp³-hybridized carbons (Fsp3) is 0.474. The molecule has 0 unspecified atom stereocenters. The quantitative estimate of drug-likeness (QED) is 0.568. The number of hydrogen-bond acceptors (Lipinski definition) is 3. The summed E-state index contributed by atoms with van der Waals surface area (Å²) in [6.45, 7) is 17.6. The topological polar surface area (TPSA) is 9.23 Å². The summed E-state index contributed by atoms with van der Waals surface area (Å²) in [5.41, 5.74) is 5.07. The maximum Gasteiger partial charge on any atom is 0.126 e. The van der Waals surface area contributed by atoms with Crippen LogP contribution in [-0.4, -0.2) is 7.11 Å². The summed E-state index contributed by atoms with van der Waals surface area (Å²) in [6, 6.07) is 4.55. The second-order valence-corrected chi connectivity index (χ2v) is 9.90. The highest BCUT2D eigenvalue weighted by Gasteiger charge is 2.28. The molecule has 0 spiro atoms. The average molecular weight is 335 g/mol. The number of rotatable bonds is 2. The van der Waals surface area contributed by atoms with Crippen molar-refractivity contribution in [3.05, 3.63) is 45.7 Å². The predicted octanol–water partition coefficient (Wildman–Crippen LogP) is 6.54. The lowest BCUT2D eigenvalue weighted by Crippen LogP contribution is -2.19. The Kier molecular flexibility index (Phi) is 4.79. The Balaban J connectivity index is 2.76. The van der Waals surface area contributed by atoms with Crippen LogP contribution in [0.3, 0.4) is 0 Å². The number of methoxy groups -OCH3 is 1. The van der Waals surface area contributed by atoms with Gasteiger partial charge in [-0.15, -0.1) is 0 Å². The first-order valence-electron chi connectivity index (χ1n) is 7.52. The maximum atomic E-state index is 5.82. The SMILES string of the molecule is C=C1SSC=C1c1cc(C(C)(C)C)c(OC)c(C(C)(C)C)c1. The van der Waals surface area contributed by atoms with Gasteiger partial charge in [-0.3, -0.25) is 0 Å². The highest BCUT2D eigenvalue weighted by atomic mass is 33.1. The molecule has 1 aliphatic rings. The van der Waals surface area contributed by atoms with E-state index in [-0.39, 0.29) is 10.8 Å². The molecule has 0 atom stereocenters. The first kappa shape index (κ1) is 17.6. The summed E-state index contributed by atoms with van der Waals surface area (Å²) < 4.78 is 5.82. The van der Waals surface area contributed by atoms with E-state index in [0.29, 0.717) is 0 Å². The van der Waals surface area contributed by atoms with Crippen LogP contribution in [0.1, 0.15) is 58.2 Å². The van der Waals surface area contributed by atoms with Crippen molar-refractivity contribution in [1.29, 1.82) is 0 Å². The molecule has 0 amide bonds. The van der Waals surface area contributed by atoms with Gasteiger partial charge in [0.15, 0.2) is 0 Å². The molecular weight excluding hydrogens is 308 g/mol. The van der Waals surface area contributed by atoms with E-state index in [2.05, 4.69) is 65.7 Å². The smallest absolute Gasteiger partial charge is 0.126 e. The van der Waals surface area contributed by atoms with Crippen LogP contribution in [0.15, 0.2) is 29.0 Å². The highest BCUT2D eigenvalue weighted by molar-refractivity contribution is 8.80. The van der Waals surface area contributed by atoms with Crippen molar-refractivity contribution in [1.82, 2.24) is 0 Å². The van der Waals surface area contributed by atoms with Crippen LogP contribution >= 0.6 is 21.6 Å². The first-order chi connectivity index (χ1) is 10.1. The van der Waals surface area contributed by atoms with E-state index in [9.17, 15) is 0 Å². The number of allylic oxidation sites excluding steroid dienone is 1. The molecule has 0 saturated heterocycles. The molecule has 1 aromatic carbocycles.